The van der Waals surface area contributed by atoms with Gasteiger partial charge in [0.2, 0.25) is 0 Å². The van der Waals surface area contributed by atoms with E-state index in [1.807, 2.05) is 0 Å². The van der Waals surface area contributed by atoms with E-state index in [4.69, 9.17) is 0 Å². The summed E-state index contributed by atoms with van der Waals surface area (Å²) in [5.41, 5.74) is -0.0710. The Bertz CT molecular complexity index is 183. The number of likely N-dealkylation sites (N-methyl/N-ethyl adjacent to an activating group) is 1. The van der Waals surface area contributed by atoms with Crippen LogP contribution in [0, 0.1) is 5.92 Å². The van der Waals surface area contributed by atoms with E-state index in [1.54, 1.807) is 0 Å². The van der Waals surface area contributed by atoms with E-state index in [-0.39, 0.29) is 11.6 Å². The Hall–Kier alpha value is -0.0800. The second kappa shape index (κ2) is 5.31. The number of hydrogen-bond acceptors (Lipinski definition) is 2. The van der Waals surface area contributed by atoms with Gasteiger partial charge in [0.1, 0.15) is 0 Å². The highest BCUT2D eigenvalue weighted by atomic mass is 16.3. The number of hydrogen-bond donors (Lipinski definition) is 1. The second-order valence-electron chi connectivity index (χ2n) is 5.36. The van der Waals surface area contributed by atoms with Crippen molar-refractivity contribution >= 4 is 0 Å². The molecule has 1 fully saturated rings. The molecule has 2 heteroatoms. The highest BCUT2D eigenvalue weighted by Gasteiger charge is 2.33. The molecular weight excluding hydrogens is 186 g/mol. The van der Waals surface area contributed by atoms with Crippen molar-refractivity contribution in [3.8, 4) is 0 Å². The predicted molar refractivity (Wildman–Crippen MR) is 65.0 cm³/mol. The van der Waals surface area contributed by atoms with Gasteiger partial charge in [0.15, 0.2) is 0 Å². The number of rotatable bonds is 7. The van der Waals surface area contributed by atoms with Gasteiger partial charge in [-0.2, -0.15) is 0 Å². The molecule has 0 aliphatic heterocycles. The molecule has 0 aromatic carbocycles. The van der Waals surface area contributed by atoms with Gasteiger partial charge in [-0.05, 0) is 45.7 Å². The highest BCUT2D eigenvalue weighted by Crippen LogP contribution is 2.35. The van der Waals surface area contributed by atoms with Crippen molar-refractivity contribution in [1.29, 1.82) is 0 Å². The zero-order valence-corrected chi connectivity index (χ0v) is 10.8. The fourth-order valence-electron chi connectivity index (χ4n) is 2.40. The molecule has 90 valence electrons. The monoisotopic (exact) mass is 213 g/mol. The zero-order valence-electron chi connectivity index (χ0n) is 10.8. The summed E-state index contributed by atoms with van der Waals surface area (Å²) in [5.74, 6) is 0.923. The summed E-state index contributed by atoms with van der Waals surface area (Å²) in [6.07, 6.45) is 4.77. The summed E-state index contributed by atoms with van der Waals surface area (Å²) >= 11 is 0. The van der Waals surface area contributed by atoms with Gasteiger partial charge in [0, 0.05) is 5.54 Å². The summed E-state index contributed by atoms with van der Waals surface area (Å²) in [4.78, 5) is 2.35. The lowest BCUT2D eigenvalue weighted by Crippen LogP contribution is -2.52. The molecule has 0 spiro atoms. The van der Waals surface area contributed by atoms with Gasteiger partial charge in [-0.25, -0.2) is 0 Å². The minimum absolute atomic E-state index is 0.0710. The molecule has 0 aromatic heterocycles. The Balaban J connectivity index is 2.41. The SMILES string of the molecule is CCN(CC)C(C)(C)C(O)CCC1CC1. The quantitative estimate of drug-likeness (QED) is 0.703. The topological polar surface area (TPSA) is 23.5 Å². The molecule has 1 saturated carbocycles. The normalized spacial score (nSPS) is 19.6. The van der Waals surface area contributed by atoms with Crippen molar-refractivity contribution in [3.05, 3.63) is 0 Å². The van der Waals surface area contributed by atoms with Crippen LogP contribution in [0.3, 0.4) is 0 Å². The molecule has 0 heterocycles. The number of aliphatic hydroxyl groups excluding tert-OH is 1. The minimum atomic E-state index is -0.182. The van der Waals surface area contributed by atoms with E-state index in [1.165, 1.54) is 19.3 Å². The van der Waals surface area contributed by atoms with Crippen LogP contribution in [0.2, 0.25) is 0 Å². The molecule has 1 rings (SSSR count). The van der Waals surface area contributed by atoms with Crippen LogP contribution in [0.25, 0.3) is 0 Å². The molecule has 0 radical (unpaired) electrons. The maximum atomic E-state index is 10.2. The van der Waals surface area contributed by atoms with Crippen molar-refractivity contribution in [2.45, 2.75) is 65.0 Å². The average molecular weight is 213 g/mol. The lowest BCUT2D eigenvalue weighted by Gasteiger charge is -2.41. The van der Waals surface area contributed by atoms with Gasteiger partial charge in [-0.1, -0.05) is 26.7 Å². The van der Waals surface area contributed by atoms with Crippen LogP contribution in [-0.2, 0) is 0 Å². The second-order valence-corrected chi connectivity index (χ2v) is 5.36. The van der Waals surface area contributed by atoms with Gasteiger partial charge in [-0.3, -0.25) is 4.90 Å². The highest BCUT2D eigenvalue weighted by molar-refractivity contribution is 4.89. The Morgan fingerprint density at radius 2 is 1.80 bits per heavy atom. The van der Waals surface area contributed by atoms with Gasteiger partial charge >= 0.3 is 0 Å². The van der Waals surface area contributed by atoms with E-state index < -0.39 is 0 Å². The van der Waals surface area contributed by atoms with E-state index >= 15 is 0 Å². The van der Waals surface area contributed by atoms with Crippen molar-refractivity contribution in [1.82, 2.24) is 4.90 Å². The van der Waals surface area contributed by atoms with Crippen LogP contribution in [0.4, 0.5) is 0 Å². The molecule has 1 atom stereocenters. The molecule has 0 amide bonds. The average Bonchev–Trinajstić information content (AvgIpc) is 2.99. The summed E-state index contributed by atoms with van der Waals surface area (Å²) < 4.78 is 0. The molecule has 15 heavy (non-hydrogen) atoms. The lowest BCUT2D eigenvalue weighted by molar-refractivity contribution is -0.0108. The van der Waals surface area contributed by atoms with Crippen LogP contribution in [0.5, 0.6) is 0 Å². The molecule has 0 bridgehead atoms. The molecule has 1 aliphatic carbocycles. The Morgan fingerprint density at radius 3 is 2.20 bits per heavy atom. The van der Waals surface area contributed by atoms with Gasteiger partial charge in [0.25, 0.3) is 0 Å². The maximum Gasteiger partial charge on any atom is 0.0718 e. The minimum Gasteiger partial charge on any atom is -0.391 e. The fourth-order valence-corrected chi connectivity index (χ4v) is 2.40. The molecule has 2 nitrogen and oxygen atoms in total. The van der Waals surface area contributed by atoms with Crippen molar-refractivity contribution in [3.63, 3.8) is 0 Å². The predicted octanol–water partition coefficient (Wildman–Crippen LogP) is 2.66. The summed E-state index contributed by atoms with van der Waals surface area (Å²) in [6.45, 7) is 10.7. The first-order valence-corrected chi connectivity index (χ1v) is 6.45. The number of nitrogens with zero attached hydrogens (tertiary/aromatic N) is 1. The molecule has 1 aliphatic rings. The van der Waals surface area contributed by atoms with Crippen molar-refractivity contribution < 1.29 is 5.11 Å². The van der Waals surface area contributed by atoms with Crippen molar-refractivity contribution in [2.24, 2.45) is 5.92 Å². The smallest absolute Gasteiger partial charge is 0.0718 e. The Labute approximate surface area is 94.7 Å². The summed E-state index contributed by atoms with van der Waals surface area (Å²) in [6, 6.07) is 0. The maximum absolute atomic E-state index is 10.2. The van der Waals surface area contributed by atoms with Gasteiger partial charge in [0.05, 0.1) is 6.10 Å². The van der Waals surface area contributed by atoms with Crippen LogP contribution < -0.4 is 0 Å². The first-order valence-electron chi connectivity index (χ1n) is 6.45. The first-order chi connectivity index (χ1) is 7.02. The standard InChI is InChI=1S/C13H27NO/c1-5-14(6-2)13(3,4)12(15)10-9-11-7-8-11/h11-12,15H,5-10H2,1-4H3. The third kappa shape index (κ3) is 3.46. The van der Waals surface area contributed by atoms with Gasteiger partial charge < -0.3 is 5.11 Å². The molecule has 0 saturated heterocycles. The van der Waals surface area contributed by atoms with E-state index in [0.29, 0.717) is 0 Å². The van der Waals surface area contributed by atoms with Crippen LogP contribution in [-0.4, -0.2) is 34.7 Å². The Morgan fingerprint density at radius 1 is 1.27 bits per heavy atom. The molecule has 0 aromatic rings. The molecule has 1 N–H and O–H groups in total. The molecule has 1 unspecified atom stereocenters. The van der Waals surface area contributed by atoms with Crippen LogP contribution in [0.15, 0.2) is 0 Å². The van der Waals surface area contributed by atoms with Crippen molar-refractivity contribution in [2.75, 3.05) is 13.1 Å². The van der Waals surface area contributed by atoms with Crippen LogP contribution in [0.1, 0.15) is 53.4 Å². The van der Waals surface area contributed by atoms with Gasteiger partial charge in [-0.15, -0.1) is 0 Å². The third-order valence-electron chi connectivity index (χ3n) is 3.94. The third-order valence-corrected chi connectivity index (χ3v) is 3.94. The van der Waals surface area contributed by atoms with E-state index in [0.717, 1.165) is 25.4 Å². The first kappa shape index (κ1) is 13.0. The van der Waals surface area contributed by atoms with Crippen LogP contribution >= 0.6 is 0 Å². The summed E-state index contributed by atoms with van der Waals surface area (Å²) in [7, 11) is 0. The number of aliphatic hydroxyl groups is 1. The largest absolute Gasteiger partial charge is 0.391 e. The summed E-state index contributed by atoms with van der Waals surface area (Å²) in [5, 5.41) is 10.2. The Kier molecular flexibility index (Phi) is 4.60. The van der Waals surface area contributed by atoms with E-state index in [9.17, 15) is 5.11 Å². The van der Waals surface area contributed by atoms with E-state index in [2.05, 4.69) is 32.6 Å². The fraction of sp³-hybridized carbons (Fsp3) is 1.00. The zero-order chi connectivity index (χ0) is 11.5. The lowest BCUT2D eigenvalue weighted by atomic mass is 9.90. The molecular formula is C13H27NO.